The van der Waals surface area contributed by atoms with Crippen LogP contribution in [-0.4, -0.2) is 10.7 Å². The van der Waals surface area contributed by atoms with Crippen molar-refractivity contribution in [2.45, 2.75) is 44.1 Å². The lowest BCUT2D eigenvalue weighted by Crippen LogP contribution is -2.33. The Kier molecular flexibility index (Phi) is 4.75. The Labute approximate surface area is 102 Å². The van der Waals surface area contributed by atoms with Gasteiger partial charge >= 0.3 is 0 Å². The van der Waals surface area contributed by atoms with Gasteiger partial charge in [-0.05, 0) is 30.5 Å². The summed E-state index contributed by atoms with van der Waals surface area (Å²) in [6, 6.07) is 6.55. The normalized spacial score (nSPS) is 18.9. The second-order valence-corrected chi connectivity index (χ2v) is 4.59. The second kappa shape index (κ2) is 5.65. The minimum absolute atomic E-state index is 0. The summed E-state index contributed by atoms with van der Waals surface area (Å²) in [5, 5.41) is 10.3. The van der Waals surface area contributed by atoms with Gasteiger partial charge in [0.15, 0.2) is 0 Å². The molecule has 1 nitrogen and oxygen atoms in total. The summed E-state index contributed by atoms with van der Waals surface area (Å²) in [7, 11) is 0. The largest absolute Gasteiger partial charge is 0.390 e. The topological polar surface area (TPSA) is 20.2 Å². The van der Waals surface area contributed by atoms with Crippen LogP contribution >= 0.6 is 12.4 Å². The fraction of sp³-hybridized carbons (Fsp3) is 0.538. The molecule has 0 saturated heterocycles. The molecule has 0 aromatic heterocycles. The van der Waals surface area contributed by atoms with Crippen LogP contribution in [0.3, 0.4) is 0 Å². The highest BCUT2D eigenvalue weighted by Crippen LogP contribution is 2.31. The summed E-state index contributed by atoms with van der Waals surface area (Å²) < 4.78 is 13.0. The van der Waals surface area contributed by atoms with Gasteiger partial charge in [0.25, 0.3) is 0 Å². The van der Waals surface area contributed by atoms with Crippen LogP contribution in [-0.2, 0) is 6.42 Å². The van der Waals surface area contributed by atoms with Crippen LogP contribution in [0.4, 0.5) is 4.39 Å². The Morgan fingerprint density at radius 1 is 1.19 bits per heavy atom. The van der Waals surface area contributed by atoms with Crippen LogP contribution in [0.5, 0.6) is 0 Å². The maximum atomic E-state index is 13.0. The van der Waals surface area contributed by atoms with Crippen molar-refractivity contribution in [3.05, 3.63) is 35.6 Å². The summed E-state index contributed by atoms with van der Waals surface area (Å²) in [5.74, 6) is -0.216. The molecule has 0 radical (unpaired) electrons. The fourth-order valence-corrected chi connectivity index (χ4v) is 2.41. The lowest BCUT2D eigenvalue weighted by atomic mass is 9.80. The molecule has 1 aliphatic rings. The number of rotatable bonds is 2. The molecule has 0 atom stereocenters. The summed E-state index contributed by atoms with van der Waals surface area (Å²) in [5.41, 5.74) is 0.311. The highest BCUT2D eigenvalue weighted by Gasteiger charge is 2.29. The molecule has 1 N–H and O–H groups in total. The van der Waals surface area contributed by atoms with Crippen molar-refractivity contribution in [2.75, 3.05) is 0 Å². The van der Waals surface area contributed by atoms with Gasteiger partial charge in [0.1, 0.15) is 5.82 Å². The van der Waals surface area contributed by atoms with Gasteiger partial charge in [0, 0.05) is 6.42 Å². The van der Waals surface area contributed by atoms with E-state index in [1.807, 2.05) is 6.07 Å². The molecular formula is C13H18ClFO. The number of hydrogen-bond donors (Lipinski definition) is 1. The summed E-state index contributed by atoms with van der Waals surface area (Å²) in [4.78, 5) is 0. The Balaban J connectivity index is 0.00000128. The first-order valence-electron chi connectivity index (χ1n) is 5.65. The average molecular weight is 245 g/mol. The minimum atomic E-state index is -0.591. The van der Waals surface area contributed by atoms with Crippen LogP contribution in [0.25, 0.3) is 0 Å². The zero-order valence-electron chi connectivity index (χ0n) is 9.29. The SMILES string of the molecule is Cl.OC1(Cc2cccc(F)c2)CCCCC1. The molecule has 1 saturated carbocycles. The maximum absolute atomic E-state index is 13.0. The monoisotopic (exact) mass is 244 g/mol. The molecule has 0 aliphatic heterocycles. The molecule has 3 heteroatoms. The Morgan fingerprint density at radius 3 is 2.50 bits per heavy atom. The van der Waals surface area contributed by atoms with E-state index in [9.17, 15) is 9.50 Å². The number of hydrogen-bond acceptors (Lipinski definition) is 1. The molecule has 1 aromatic carbocycles. The van der Waals surface area contributed by atoms with Gasteiger partial charge < -0.3 is 5.11 Å². The highest BCUT2D eigenvalue weighted by molar-refractivity contribution is 5.85. The molecule has 1 fully saturated rings. The van der Waals surface area contributed by atoms with Gasteiger partial charge in [-0.15, -0.1) is 12.4 Å². The van der Waals surface area contributed by atoms with E-state index in [0.29, 0.717) is 6.42 Å². The Bertz CT molecular complexity index is 334. The first-order chi connectivity index (χ1) is 7.18. The van der Waals surface area contributed by atoms with E-state index in [2.05, 4.69) is 0 Å². The van der Waals surface area contributed by atoms with E-state index in [1.165, 1.54) is 18.6 Å². The molecule has 0 heterocycles. The van der Waals surface area contributed by atoms with E-state index < -0.39 is 5.60 Å². The van der Waals surface area contributed by atoms with E-state index >= 15 is 0 Å². The van der Waals surface area contributed by atoms with Gasteiger partial charge in [0.05, 0.1) is 5.60 Å². The van der Waals surface area contributed by atoms with Gasteiger partial charge in [-0.2, -0.15) is 0 Å². The first-order valence-corrected chi connectivity index (χ1v) is 5.65. The van der Waals surface area contributed by atoms with E-state index in [-0.39, 0.29) is 18.2 Å². The molecule has 0 unspecified atom stereocenters. The molecule has 2 rings (SSSR count). The number of benzene rings is 1. The molecule has 16 heavy (non-hydrogen) atoms. The Morgan fingerprint density at radius 2 is 1.88 bits per heavy atom. The number of aliphatic hydroxyl groups is 1. The smallest absolute Gasteiger partial charge is 0.123 e. The van der Waals surface area contributed by atoms with Crippen LogP contribution in [0.2, 0.25) is 0 Å². The van der Waals surface area contributed by atoms with Gasteiger partial charge in [-0.25, -0.2) is 4.39 Å². The van der Waals surface area contributed by atoms with Crippen LogP contribution in [0, 0.1) is 5.82 Å². The quantitative estimate of drug-likeness (QED) is 0.845. The molecule has 0 bridgehead atoms. The van der Waals surface area contributed by atoms with Gasteiger partial charge in [-0.1, -0.05) is 31.4 Å². The van der Waals surface area contributed by atoms with E-state index in [1.54, 1.807) is 6.07 Å². The van der Waals surface area contributed by atoms with Gasteiger partial charge in [-0.3, -0.25) is 0 Å². The molecular weight excluding hydrogens is 227 g/mol. The van der Waals surface area contributed by atoms with Crippen molar-refractivity contribution in [1.29, 1.82) is 0 Å². The van der Waals surface area contributed by atoms with E-state index in [4.69, 9.17) is 0 Å². The third-order valence-electron chi connectivity index (χ3n) is 3.21. The van der Waals surface area contributed by atoms with Crippen LogP contribution in [0.1, 0.15) is 37.7 Å². The predicted octanol–water partition coefficient (Wildman–Crippen LogP) is 3.49. The fourth-order valence-electron chi connectivity index (χ4n) is 2.41. The van der Waals surface area contributed by atoms with Crippen molar-refractivity contribution in [2.24, 2.45) is 0 Å². The zero-order chi connectivity index (χ0) is 10.7. The molecule has 1 aliphatic carbocycles. The third-order valence-corrected chi connectivity index (χ3v) is 3.21. The van der Waals surface area contributed by atoms with Crippen molar-refractivity contribution < 1.29 is 9.50 Å². The van der Waals surface area contributed by atoms with Crippen molar-refractivity contribution in [3.8, 4) is 0 Å². The van der Waals surface area contributed by atoms with E-state index in [0.717, 1.165) is 31.2 Å². The van der Waals surface area contributed by atoms with Gasteiger partial charge in [0.2, 0.25) is 0 Å². The average Bonchev–Trinajstić information content (AvgIpc) is 2.18. The zero-order valence-corrected chi connectivity index (χ0v) is 10.1. The second-order valence-electron chi connectivity index (χ2n) is 4.59. The molecule has 90 valence electrons. The highest BCUT2D eigenvalue weighted by atomic mass is 35.5. The molecule has 0 amide bonds. The Hall–Kier alpha value is -0.600. The standard InChI is InChI=1S/C13H17FO.ClH/c14-12-6-4-5-11(9-12)10-13(15)7-2-1-3-8-13;/h4-6,9,15H,1-3,7-8,10H2;1H. The van der Waals surface area contributed by atoms with Crippen molar-refractivity contribution >= 4 is 12.4 Å². The summed E-state index contributed by atoms with van der Waals surface area (Å²) in [6.45, 7) is 0. The summed E-state index contributed by atoms with van der Waals surface area (Å²) >= 11 is 0. The lowest BCUT2D eigenvalue weighted by molar-refractivity contribution is 0.00445. The molecule has 1 aromatic rings. The third kappa shape index (κ3) is 3.46. The van der Waals surface area contributed by atoms with Crippen LogP contribution in [0.15, 0.2) is 24.3 Å². The minimum Gasteiger partial charge on any atom is -0.390 e. The van der Waals surface area contributed by atoms with Crippen LogP contribution < -0.4 is 0 Å². The lowest BCUT2D eigenvalue weighted by Gasteiger charge is -2.32. The van der Waals surface area contributed by atoms with Crippen molar-refractivity contribution in [3.63, 3.8) is 0 Å². The predicted molar refractivity (Wildman–Crippen MR) is 65.4 cm³/mol. The van der Waals surface area contributed by atoms with Crippen molar-refractivity contribution in [1.82, 2.24) is 0 Å². The maximum Gasteiger partial charge on any atom is 0.123 e. The summed E-state index contributed by atoms with van der Waals surface area (Å²) in [6.07, 6.45) is 5.68. The first kappa shape index (κ1) is 13.5. The number of halogens is 2. The molecule has 0 spiro atoms.